The highest BCUT2D eigenvalue weighted by atomic mass is 79.9. The molecular weight excluding hydrogens is 272 g/mol. The number of ether oxygens (including phenoxy) is 1. The zero-order valence-electron chi connectivity index (χ0n) is 9.37. The predicted octanol–water partition coefficient (Wildman–Crippen LogP) is 2.54. The molecule has 0 bridgehead atoms. The van der Waals surface area contributed by atoms with Gasteiger partial charge in [0.15, 0.2) is 5.78 Å². The third-order valence-electron chi connectivity index (χ3n) is 2.18. The number of Topliss-reactive ketones (excluding diaryl/α,β-unsaturated/α-hetero) is 1. The summed E-state index contributed by atoms with van der Waals surface area (Å²) in [6.45, 7) is 4.06. The largest absolute Gasteiger partial charge is 0.493 e. The lowest BCUT2D eigenvalue weighted by molar-refractivity contribution is 0.0995. The van der Waals surface area contributed by atoms with Gasteiger partial charge in [0, 0.05) is 11.1 Å². The molecule has 16 heavy (non-hydrogen) atoms. The number of halogens is 1. The molecule has 3 nitrogen and oxygen atoms in total. The molecule has 0 saturated carbocycles. The standard InChI is InChI=1S/C12H15BrO3/c1-3-16-11-6-9(12(15)8(2)13)4-5-10(11)7-14/h4-6,8,14H,3,7H2,1-2H3. The van der Waals surface area contributed by atoms with Crippen molar-refractivity contribution in [2.75, 3.05) is 6.61 Å². The topological polar surface area (TPSA) is 46.5 Å². The molecule has 0 aliphatic rings. The molecule has 0 spiro atoms. The first kappa shape index (κ1) is 13.2. The third-order valence-corrected chi connectivity index (χ3v) is 2.60. The maximum Gasteiger partial charge on any atom is 0.176 e. The molecule has 1 aromatic carbocycles. The Hall–Kier alpha value is -0.870. The molecule has 0 amide bonds. The Morgan fingerprint density at radius 3 is 2.75 bits per heavy atom. The van der Waals surface area contributed by atoms with Gasteiger partial charge in [-0.05, 0) is 19.9 Å². The fourth-order valence-electron chi connectivity index (χ4n) is 1.36. The first-order valence-corrected chi connectivity index (χ1v) is 6.06. The number of benzene rings is 1. The van der Waals surface area contributed by atoms with Crippen molar-refractivity contribution in [1.82, 2.24) is 0 Å². The van der Waals surface area contributed by atoms with Gasteiger partial charge in [0.1, 0.15) is 5.75 Å². The molecule has 0 aromatic heterocycles. The lowest BCUT2D eigenvalue weighted by Gasteiger charge is -2.10. The monoisotopic (exact) mass is 286 g/mol. The van der Waals surface area contributed by atoms with Crippen molar-refractivity contribution in [2.45, 2.75) is 25.3 Å². The average Bonchev–Trinajstić information content (AvgIpc) is 2.28. The van der Waals surface area contributed by atoms with Gasteiger partial charge in [-0.2, -0.15) is 0 Å². The van der Waals surface area contributed by atoms with E-state index in [4.69, 9.17) is 9.84 Å². The van der Waals surface area contributed by atoms with Crippen LogP contribution in [0, 0.1) is 0 Å². The zero-order chi connectivity index (χ0) is 12.1. The second kappa shape index (κ2) is 6.01. The molecule has 0 saturated heterocycles. The van der Waals surface area contributed by atoms with E-state index in [2.05, 4.69) is 15.9 Å². The van der Waals surface area contributed by atoms with Gasteiger partial charge >= 0.3 is 0 Å². The molecule has 88 valence electrons. The normalized spacial score (nSPS) is 12.2. The van der Waals surface area contributed by atoms with Gasteiger partial charge in [-0.25, -0.2) is 0 Å². The summed E-state index contributed by atoms with van der Waals surface area (Å²) >= 11 is 3.24. The van der Waals surface area contributed by atoms with Gasteiger partial charge in [-0.15, -0.1) is 0 Å². The third kappa shape index (κ3) is 3.06. The van der Waals surface area contributed by atoms with Crippen LogP contribution in [0.2, 0.25) is 0 Å². The van der Waals surface area contributed by atoms with E-state index in [1.807, 2.05) is 6.92 Å². The van der Waals surface area contributed by atoms with Gasteiger partial charge in [0.25, 0.3) is 0 Å². The molecule has 1 unspecified atom stereocenters. The molecule has 0 radical (unpaired) electrons. The van der Waals surface area contributed by atoms with Gasteiger partial charge in [-0.1, -0.05) is 28.1 Å². The van der Waals surface area contributed by atoms with Crippen LogP contribution < -0.4 is 4.74 Å². The van der Waals surface area contributed by atoms with Gasteiger partial charge in [0.05, 0.1) is 18.0 Å². The minimum Gasteiger partial charge on any atom is -0.493 e. The van der Waals surface area contributed by atoms with E-state index in [1.54, 1.807) is 25.1 Å². The highest BCUT2D eigenvalue weighted by Crippen LogP contribution is 2.22. The van der Waals surface area contributed by atoms with E-state index in [1.165, 1.54) is 0 Å². The van der Waals surface area contributed by atoms with Crippen molar-refractivity contribution in [3.63, 3.8) is 0 Å². The SMILES string of the molecule is CCOc1cc(C(=O)C(C)Br)ccc1CO. The number of rotatable bonds is 5. The highest BCUT2D eigenvalue weighted by molar-refractivity contribution is 9.10. The van der Waals surface area contributed by atoms with Gasteiger partial charge in [0.2, 0.25) is 0 Å². The summed E-state index contributed by atoms with van der Waals surface area (Å²) in [6, 6.07) is 5.09. The minimum absolute atomic E-state index is 0.00504. The van der Waals surface area contributed by atoms with E-state index in [-0.39, 0.29) is 17.2 Å². The van der Waals surface area contributed by atoms with Crippen LogP contribution in [-0.2, 0) is 6.61 Å². The van der Waals surface area contributed by atoms with E-state index >= 15 is 0 Å². The van der Waals surface area contributed by atoms with Crippen molar-refractivity contribution in [3.05, 3.63) is 29.3 Å². The number of carbonyl (C=O) groups is 1. The lowest BCUT2D eigenvalue weighted by Crippen LogP contribution is -2.10. The van der Waals surface area contributed by atoms with Crippen molar-refractivity contribution in [3.8, 4) is 5.75 Å². The van der Waals surface area contributed by atoms with E-state index in [9.17, 15) is 4.79 Å². The zero-order valence-corrected chi connectivity index (χ0v) is 11.0. The van der Waals surface area contributed by atoms with Crippen LogP contribution >= 0.6 is 15.9 Å². The second-order valence-corrected chi connectivity index (χ2v) is 4.77. The van der Waals surface area contributed by atoms with Crippen LogP contribution in [0.5, 0.6) is 5.75 Å². The average molecular weight is 287 g/mol. The van der Waals surface area contributed by atoms with Crippen LogP contribution in [-0.4, -0.2) is 22.3 Å². The molecule has 1 atom stereocenters. The highest BCUT2D eigenvalue weighted by Gasteiger charge is 2.14. The molecule has 0 aliphatic carbocycles. The molecule has 1 rings (SSSR count). The van der Waals surface area contributed by atoms with E-state index < -0.39 is 0 Å². The Morgan fingerprint density at radius 2 is 2.25 bits per heavy atom. The second-order valence-electron chi connectivity index (χ2n) is 3.39. The number of hydrogen-bond acceptors (Lipinski definition) is 3. The van der Waals surface area contributed by atoms with Crippen LogP contribution in [0.25, 0.3) is 0 Å². The first-order chi connectivity index (χ1) is 7.60. The Balaban J connectivity index is 3.06. The first-order valence-electron chi connectivity index (χ1n) is 5.15. The van der Waals surface area contributed by atoms with Crippen molar-refractivity contribution >= 4 is 21.7 Å². The van der Waals surface area contributed by atoms with Crippen LogP contribution in [0.1, 0.15) is 29.8 Å². The summed E-state index contributed by atoms with van der Waals surface area (Å²) in [5.74, 6) is 0.578. The Kier molecular flexibility index (Phi) is 4.96. The van der Waals surface area contributed by atoms with E-state index in [0.717, 1.165) is 0 Å². The molecule has 0 fully saturated rings. The number of ketones is 1. The van der Waals surface area contributed by atoms with Crippen molar-refractivity contribution in [1.29, 1.82) is 0 Å². The summed E-state index contributed by atoms with van der Waals surface area (Å²) in [6.07, 6.45) is 0. The molecule has 1 N–H and O–H groups in total. The number of alkyl halides is 1. The quantitative estimate of drug-likeness (QED) is 0.668. The smallest absolute Gasteiger partial charge is 0.176 e. The molecule has 4 heteroatoms. The summed E-state index contributed by atoms with van der Waals surface area (Å²) < 4.78 is 5.37. The molecule has 1 aromatic rings. The molecule has 0 aliphatic heterocycles. The van der Waals surface area contributed by atoms with Crippen LogP contribution in [0.15, 0.2) is 18.2 Å². The summed E-state index contributed by atoms with van der Waals surface area (Å²) in [5, 5.41) is 9.11. The lowest BCUT2D eigenvalue weighted by atomic mass is 10.1. The van der Waals surface area contributed by atoms with Gasteiger partial charge < -0.3 is 9.84 Å². The number of hydrogen-bond donors (Lipinski definition) is 1. The van der Waals surface area contributed by atoms with E-state index in [0.29, 0.717) is 23.5 Å². The molecule has 0 heterocycles. The van der Waals surface area contributed by atoms with Gasteiger partial charge in [-0.3, -0.25) is 4.79 Å². The summed E-state index contributed by atoms with van der Waals surface area (Å²) in [4.78, 5) is 11.5. The van der Waals surface area contributed by atoms with Crippen molar-refractivity contribution in [2.24, 2.45) is 0 Å². The maximum atomic E-state index is 11.7. The fourth-order valence-corrected chi connectivity index (χ4v) is 1.62. The fraction of sp³-hybridized carbons (Fsp3) is 0.417. The van der Waals surface area contributed by atoms with Crippen LogP contribution in [0.3, 0.4) is 0 Å². The number of carbonyl (C=O) groups excluding carboxylic acids is 1. The maximum absolute atomic E-state index is 11.7. The summed E-state index contributed by atoms with van der Waals surface area (Å²) in [7, 11) is 0. The minimum atomic E-state index is -0.220. The Labute approximate surface area is 104 Å². The predicted molar refractivity (Wildman–Crippen MR) is 66.3 cm³/mol. The summed E-state index contributed by atoms with van der Waals surface area (Å²) in [5.41, 5.74) is 1.28. The Morgan fingerprint density at radius 1 is 1.56 bits per heavy atom. The number of aliphatic hydroxyl groups excluding tert-OH is 1. The Bertz CT molecular complexity index is 375. The molecular formula is C12H15BrO3. The number of aliphatic hydroxyl groups is 1. The van der Waals surface area contributed by atoms with Crippen molar-refractivity contribution < 1.29 is 14.6 Å². The van der Waals surface area contributed by atoms with Crippen LogP contribution in [0.4, 0.5) is 0 Å².